The number of urea groups is 1. The van der Waals surface area contributed by atoms with Crippen LogP contribution in [-0.4, -0.2) is 63.4 Å². The number of aromatic nitrogens is 4. The lowest BCUT2D eigenvalue weighted by Crippen LogP contribution is -2.52. The van der Waals surface area contributed by atoms with E-state index in [1.54, 1.807) is 0 Å². The molecule has 1 aliphatic heterocycles. The second kappa shape index (κ2) is 8.47. The number of nitrogens with one attached hydrogen (secondary N) is 1. The lowest BCUT2D eigenvalue weighted by Gasteiger charge is -2.35. The first-order chi connectivity index (χ1) is 14.5. The van der Waals surface area contributed by atoms with Gasteiger partial charge in [0.1, 0.15) is 11.6 Å². The third kappa shape index (κ3) is 3.92. The average molecular weight is 428 g/mol. The summed E-state index contributed by atoms with van der Waals surface area (Å²) in [6.45, 7) is 9.38. The van der Waals surface area contributed by atoms with Crippen molar-refractivity contribution in [3.05, 3.63) is 40.8 Å². The fourth-order valence-electron chi connectivity index (χ4n) is 3.72. The van der Waals surface area contributed by atoms with Crippen molar-refractivity contribution in [2.45, 2.75) is 27.2 Å². The Morgan fingerprint density at radius 2 is 1.80 bits per heavy atom. The maximum Gasteiger partial charge on any atom is 0.317 e. The van der Waals surface area contributed by atoms with Gasteiger partial charge in [0.15, 0.2) is 5.65 Å². The van der Waals surface area contributed by atoms with Gasteiger partial charge >= 0.3 is 6.03 Å². The number of carbonyl (C=O) groups excluding carboxylic acids is 1. The summed E-state index contributed by atoms with van der Waals surface area (Å²) in [7, 11) is 0. The van der Waals surface area contributed by atoms with E-state index < -0.39 is 0 Å². The number of rotatable bonds is 4. The number of benzene rings is 1. The second-order valence-electron chi connectivity index (χ2n) is 7.47. The van der Waals surface area contributed by atoms with E-state index in [2.05, 4.69) is 15.2 Å². The molecule has 2 amide bonds. The minimum absolute atomic E-state index is 0.00672. The first-order valence-electron chi connectivity index (χ1n) is 10.3. The molecule has 1 aliphatic rings. The quantitative estimate of drug-likeness (QED) is 0.690. The third-order valence-corrected chi connectivity index (χ3v) is 5.51. The number of anilines is 1. The van der Waals surface area contributed by atoms with Gasteiger partial charge in [0, 0.05) is 37.7 Å². The van der Waals surface area contributed by atoms with Crippen LogP contribution >= 0.6 is 11.6 Å². The fraction of sp³-hybridized carbons (Fsp3) is 0.429. The average Bonchev–Trinajstić information content (AvgIpc) is 3.08. The molecule has 0 unspecified atom stereocenters. The van der Waals surface area contributed by atoms with Crippen LogP contribution in [0.4, 0.5) is 10.6 Å². The van der Waals surface area contributed by atoms with Crippen molar-refractivity contribution in [3.8, 4) is 5.69 Å². The second-order valence-corrected chi connectivity index (χ2v) is 7.91. The number of carbonyl (C=O) groups is 1. The van der Waals surface area contributed by atoms with E-state index in [0.29, 0.717) is 30.5 Å². The van der Waals surface area contributed by atoms with Crippen LogP contribution in [0.25, 0.3) is 16.7 Å². The zero-order valence-corrected chi connectivity index (χ0v) is 18.3. The molecule has 9 heteroatoms. The molecule has 1 aromatic carbocycles. The summed E-state index contributed by atoms with van der Waals surface area (Å²) in [5.74, 6) is 1.57. The highest BCUT2D eigenvalue weighted by Gasteiger charge is 2.25. The third-order valence-electron chi connectivity index (χ3n) is 5.26. The lowest BCUT2D eigenvalue weighted by molar-refractivity contribution is 0.194. The van der Waals surface area contributed by atoms with Gasteiger partial charge in [-0.25, -0.2) is 19.4 Å². The fourth-order valence-corrected chi connectivity index (χ4v) is 3.85. The molecule has 0 radical (unpaired) electrons. The van der Waals surface area contributed by atoms with Crippen LogP contribution in [0.1, 0.15) is 24.9 Å². The highest BCUT2D eigenvalue weighted by Crippen LogP contribution is 2.29. The molecule has 0 saturated carbocycles. The topological polar surface area (TPSA) is 79.2 Å². The molecule has 2 aromatic heterocycles. The predicted octanol–water partition coefficient (Wildman–Crippen LogP) is 3.33. The summed E-state index contributed by atoms with van der Waals surface area (Å²) in [4.78, 5) is 25.8. The van der Waals surface area contributed by atoms with E-state index in [-0.39, 0.29) is 6.03 Å². The number of halogens is 1. The summed E-state index contributed by atoms with van der Waals surface area (Å²) < 4.78 is 1.84. The predicted molar refractivity (Wildman–Crippen MR) is 119 cm³/mol. The monoisotopic (exact) mass is 427 g/mol. The molecular weight excluding hydrogens is 402 g/mol. The van der Waals surface area contributed by atoms with Gasteiger partial charge in [-0.15, -0.1) is 0 Å². The Morgan fingerprint density at radius 3 is 2.47 bits per heavy atom. The molecule has 30 heavy (non-hydrogen) atoms. The van der Waals surface area contributed by atoms with Crippen LogP contribution in [0, 0.1) is 13.8 Å². The molecule has 1 N–H and O–H groups in total. The van der Waals surface area contributed by atoms with Crippen molar-refractivity contribution in [2.24, 2.45) is 0 Å². The molecule has 3 heterocycles. The Labute approximate surface area is 180 Å². The molecule has 8 nitrogen and oxygen atoms in total. The maximum atomic E-state index is 12.3. The number of piperazine rings is 1. The molecule has 0 aliphatic carbocycles. The Hall–Kier alpha value is -2.87. The SMILES string of the molecule is CCCNC(=O)N1CCN(c2nc(C)nc3c2c(C)nn3-c2ccc(Cl)cc2)CC1. The van der Waals surface area contributed by atoms with Crippen molar-refractivity contribution in [2.75, 3.05) is 37.6 Å². The first kappa shape index (κ1) is 20.4. The van der Waals surface area contributed by atoms with Gasteiger partial charge in [0.05, 0.1) is 16.8 Å². The summed E-state index contributed by atoms with van der Waals surface area (Å²) in [5, 5.41) is 9.31. The number of hydrogen-bond acceptors (Lipinski definition) is 5. The van der Waals surface area contributed by atoms with Gasteiger partial charge < -0.3 is 15.1 Å². The molecule has 1 fully saturated rings. The Kier molecular flexibility index (Phi) is 5.76. The Balaban J connectivity index is 1.64. The van der Waals surface area contributed by atoms with Gasteiger partial charge in [-0.3, -0.25) is 0 Å². The van der Waals surface area contributed by atoms with Gasteiger partial charge in [-0.2, -0.15) is 5.10 Å². The highest BCUT2D eigenvalue weighted by molar-refractivity contribution is 6.30. The van der Waals surface area contributed by atoms with Crippen LogP contribution in [0.15, 0.2) is 24.3 Å². The molecule has 3 aromatic rings. The minimum atomic E-state index is 0.00672. The van der Waals surface area contributed by atoms with Crippen molar-refractivity contribution in [1.29, 1.82) is 0 Å². The molecule has 4 rings (SSSR count). The maximum absolute atomic E-state index is 12.3. The van der Waals surface area contributed by atoms with E-state index >= 15 is 0 Å². The lowest BCUT2D eigenvalue weighted by atomic mass is 10.2. The number of fused-ring (bicyclic) bond motifs is 1. The first-order valence-corrected chi connectivity index (χ1v) is 10.6. The summed E-state index contributed by atoms with van der Waals surface area (Å²) in [6.07, 6.45) is 0.931. The highest BCUT2D eigenvalue weighted by atomic mass is 35.5. The molecule has 0 bridgehead atoms. The molecule has 158 valence electrons. The van der Waals surface area contributed by atoms with Crippen LogP contribution in [0.5, 0.6) is 0 Å². The normalized spacial score (nSPS) is 14.4. The smallest absolute Gasteiger partial charge is 0.317 e. The van der Waals surface area contributed by atoms with E-state index in [1.807, 2.05) is 54.6 Å². The summed E-state index contributed by atoms with van der Waals surface area (Å²) >= 11 is 6.04. The Bertz CT molecular complexity index is 1060. The Morgan fingerprint density at radius 1 is 1.10 bits per heavy atom. The van der Waals surface area contributed by atoms with Crippen LogP contribution < -0.4 is 10.2 Å². The largest absolute Gasteiger partial charge is 0.352 e. The number of aryl methyl sites for hydroxylation is 2. The van der Waals surface area contributed by atoms with Crippen LogP contribution in [0.3, 0.4) is 0 Å². The van der Waals surface area contributed by atoms with Crippen LogP contribution in [0.2, 0.25) is 5.02 Å². The van der Waals surface area contributed by atoms with Crippen LogP contribution in [-0.2, 0) is 0 Å². The summed E-state index contributed by atoms with van der Waals surface area (Å²) in [6, 6.07) is 7.56. The standard InChI is InChI=1S/C21H26ClN7O/c1-4-9-23-21(30)28-12-10-27(11-13-28)19-18-14(2)26-29(20(18)25-15(3)24-19)17-7-5-16(22)6-8-17/h5-8H,4,9-13H2,1-3H3,(H,23,30). The molecule has 0 spiro atoms. The van der Waals surface area contributed by atoms with Gasteiger partial charge in [-0.05, 0) is 44.5 Å². The summed E-state index contributed by atoms with van der Waals surface area (Å²) in [5.41, 5.74) is 2.55. The van der Waals surface area contributed by atoms with Gasteiger partial charge in [0.25, 0.3) is 0 Å². The minimum Gasteiger partial charge on any atom is -0.352 e. The van der Waals surface area contributed by atoms with E-state index in [9.17, 15) is 4.79 Å². The zero-order valence-electron chi connectivity index (χ0n) is 17.5. The molecule has 1 saturated heterocycles. The van der Waals surface area contributed by atoms with Crippen molar-refractivity contribution in [3.63, 3.8) is 0 Å². The van der Waals surface area contributed by atoms with Crippen molar-refractivity contribution < 1.29 is 4.79 Å². The van der Waals surface area contributed by atoms with Gasteiger partial charge in [-0.1, -0.05) is 18.5 Å². The number of nitrogens with zero attached hydrogens (tertiary/aromatic N) is 6. The molecule has 0 atom stereocenters. The van der Waals surface area contributed by atoms with Crippen molar-refractivity contribution in [1.82, 2.24) is 30.0 Å². The molecular formula is C21H26ClN7O. The van der Waals surface area contributed by atoms with E-state index in [0.717, 1.165) is 47.7 Å². The number of hydrogen-bond donors (Lipinski definition) is 1. The van der Waals surface area contributed by atoms with Gasteiger partial charge in [0.2, 0.25) is 0 Å². The number of amides is 2. The van der Waals surface area contributed by atoms with Crippen molar-refractivity contribution >= 4 is 34.5 Å². The van der Waals surface area contributed by atoms with E-state index in [1.165, 1.54) is 0 Å². The van der Waals surface area contributed by atoms with E-state index in [4.69, 9.17) is 21.7 Å². The zero-order chi connectivity index (χ0) is 21.3.